The van der Waals surface area contributed by atoms with Crippen LogP contribution in [0.2, 0.25) is 5.02 Å². The van der Waals surface area contributed by atoms with Gasteiger partial charge in [0.2, 0.25) is 0 Å². The van der Waals surface area contributed by atoms with Gasteiger partial charge in [0.25, 0.3) is 0 Å². The van der Waals surface area contributed by atoms with Gasteiger partial charge in [0.05, 0.1) is 9.75 Å². The Kier molecular flexibility index (Phi) is 4.89. The molecule has 3 nitrogen and oxygen atoms in total. The zero-order chi connectivity index (χ0) is 19.7. The molecule has 1 aromatic carbocycles. The molecule has 1 N–H and O–H groups in total. The van der Waals surface area contributed by atoms with Crippen molar-refractivity contribution in [2.24, 2.45) is 0 Å². The van der Waals surface area contributed by atoms with E-state index in [-0.39, 0.29) is 5.54 Å². The van der Waals surface area contributed by atoms with Crippen LogP contribution in [0.3, 0.4) is 0 Å². The number of thiophene rings is 1. The van der Waals surface area contributed by atoms with E-state index >= 15 is 0 Å². The van der Waals surface area contributed by atoms with Crippen molar-refractivity contribution in [3.05, 3.63) is 76.3 Å². The summed E-state index contributed by atoms with van der Waals surface area (Å²) in [5.41, 5.74) is 2.70. The van der Waals surface area contributed by atoms with Crippen LogP contribution in [0, 0.1) is 11.8 Å². The average molecular weight is 406 g/mol. The summed E-state index contributed by atoms with van der Waals surface area (Å²) >= 11 is 7.68. The van der Waals surface area contributed by atoms with Gasteiger partial charge in [-0.2, -0.15) is 0 Å². The van der Waals surface area contributed by atoms with E-state index in [1.807, 2.05) is 54.7 Å². The van der Waals surface area contributed by atoms with Crippen molar-refractivity contribution in [3.8, 4) is 22.4 Å². The second kappa shape index (κ2) is 7.35. The van der Waals surface area contributed by atoms with Crippen LogP contribution in [-0.4, -0.2) is 14.9 Å². The molecule has 28 heavy (non-hydrogen) atoms. The Hall–Kier alpha value is -2.74. The summed E-state index contributed by atoms with van der Waals surface area (Å²) in [7, 11) is 0. The second-order valence-electron chi connectivity index (χ2n) is 7.54. The molecule has 5 heteroatoms. The SMILES string of the molecule is CC(C)(C)Nc1c(-c2ccc(C#Cc3cccc(Cl)c3)s2)nc2ccccn12. The molecule has 0 unspecified atom stereocenters. The van der Waals surface area contributed by atoms with Crippen molar-refractivity contribution in [2.75, 3.05) is 5.32 Å². The van der Waals surface area contributed by atoms with Gasteiger partial charge in [0.15, 0.2) is 0 Å². The van der Waals surface area contributed by atoms with Crippen LogP contribution in [0.15, 0.2) is 60.8 Å². The van der Waals surface area contributed by atoms with Gasteiger partial charge in [-0.05, 0) is 63.2 Å². The van der Waals surface area contributed by atoms with Crippen LogP contribution in [0.25, 0.3) is 16.2 Å². The summed E-state index contributed by atoms with van der Waals surface area (Å²) in [4.78, 5) is 6.94. The zero-order valence-corrected chi connectivity index (χ0v) is 17.5. The number of pyridine rings is 1. The van der Waals surface area contributed by atoms with Gasteiger partial charge < -0.3 is 5.32 Å². The normalized spacial score (nSPS) is 11.3. The molecule has 0 radical (unpaired) electrons. The molecule has 4 rings (SSSR count). The van der Waals surface area contributed by atoms with E-state index in [4.69, 9.17) is 16.6 Å². The van der Waals surface area contributed by atoms with Crippen molar-refractivity contribution < 1.29 is 0 Å². The van der Waals surface area contributed by atoms with E-state index in [9.17, 15) is 0 Å². The number of rotatable bonds is 2. The predicted molar refractivity (Wildman–Crippen MR) is 119 cm³/mol. The molecule has 0 fully saturated rings. The van der Waals surface area contributed by atoms with Crippen molar-refractivity contribution in [3.63, 3.8) is 0 Å². The summed E-state index contributed by atoms with van der Waals surface area (Å²) in [6.45, 7) is 6.44. The highest BCUT2D eigenvalue weighted by Gasteiger charge is 2.20. The van der Waals surface area contributed by atoms with Crippen LogP contribution in [0.5, 0.6) is 0 Å². The van der Waals surface area contributed by atoms with E-state index in [1.54, 1.807) is 11.3 Å². The summed E-state index contributed by atoms with van der Waals surface area (Å²) in [5.74, 6) is 7.41. The molecular formula is C23H20ClN3S. The van der Waals surface area contributed by atoms with Crippen molar-refractivity contribution in [1.29, 1.82) is 0 Å². The highest BCUT2D eigenvalue weighted by molar-refractivity contribution is 7.16. The van der Waals surface area contributed by atoms with Crippen molar-refractivity contribution in [2.45, 2.75) is 26.3 Å². The molecule has 0 bridgehead atoms. The highest BCUT2D eigenvalue weighted by Crippen LogP contribution is 2.35. The average Bonchev–Trinajstić information content (AvgIpc) is 3.24. The monoisotopic (exact) mass is 405 g/mol. The van der Waals surface area contributed by atoms with Crippen LogP contribution >= 0.6 is 22.9 Å². The highest BCUT2D eigenvalue weighted by atomic mass is 35.5. The van der Waals surface area contributed by atoms with Crippen LogP contribution < -0.4 is 5.32 Å². The Balaban J connectivity index is 1.73. The Morgan fingerprint density at radius 3 is 2.68 bits per heavy atom. The summed E-state index contributed by atoms with van der Waals surface area (Å²) < 4.78 is 2.09. The second-order valence-corrected chi connectivity index (χ2v) is 9.06. The van der Waals surface area contributed by atoms with Gasteiger partial charge in [-0.3, -0.25) is 4.40 Å². The Bertz CT molecular complexity index is 1200. The number of halogens is 1. The molecule has 0 aliphatic carbocycles. The van der Waals surface area contributed by atoms with Gasteiger partial charge in [-0.1, -0.05) is 35.6 Å². The first kappa shape index (κ1) is 18.6. The number of nitrogens with zero attached hydrogens (tertiary/aromatic N) is 2. The van der Waals surface area contributed by atoms with Crippen LogP contribution in [0.1, 0.15) is 31.2 Å². The molecule has 0 aliphatic heterocycles. The largest absolute Gasteiger partial charge is 0.365 e. The number of nitrogens with one attached hydrogen (secondary N) is 1. The van der Waals surface area contributed by atoms with Crippen molar-refractivity contribution in [1.82, 2.24) is 9.38 Å². The zero-order valence-electron chi connectivity index (χ0n) is 16.0. The number of imidazole rings is 1. The third kappa shape index (κ3) is 4.06. The lowest BCUT2D eigenvalue weighted by Gasteiger charge is -2.22. The maximum atomic E-state index is 6.04. The molecule has 4 aromatic rings. The first-order valence-electron chi connectivity index (χ1n) is 9.02. The molecule has 3 aromatic heterocycles. The molecule has 0 atom stereocenters. The Morgan fingerprint density at radius 1 is 1.04 bits per heavy atom. The first-order chi connectivity index (χ1) is 13.4. The Morgan fingerprint density at radius 2 is 1.89 bits per heavy atom. The molecule has 0 amide bonds. The Labute approximate surface area is 174 Å². The quantitative estimate of drug-likeness (QED) is 0.395. The molecule has 0 spiro atoms. The topological polar surface area (TPSA) is 29.3 Å². The maximum absolute atomic E-state index is 6.04. The maximum Gasteiger partial charge on any atom is 0.140 e. The number of aromatic nitrogens is 2. The lowest BCUT2D eigenvalue weighted by Crippen LogP contribution is -2.27. The lowest BCUT2D eigenvalue weighted by atomic mass is 10.1. The van der Waals surface area contributed by atoms with Crippen LogP contribution in [-0.2, 0) is 0 Å². The fourth-order valence-electron chi connectivity index (χ4n) is 2.87. The fourth-order valence-corrected chi connectivity index (χ4v) is 3.92. The molecule has 140 valence electrons. The fraction of sp³-hybridized carbons (Fsp3) is 0.174. The number of anilines is 1. The van der Waals surface area contributed by atoms with Gasteiger partial charge in [-0.15, -0.1) is 11.3 Å². The summed E-state index contributed by atoms with van der Waals surface area (Å²) in [6, 6.07) is 17.8. The summed E-state index contributed by atoms with van der Waals surface area (Å²) in [5, 5.41) is 4.30. The van der Waals surface area contributed by atoms with Gasteiger partial charge in [-0.25, -0.2) is 4.98 Å². The standard InChI is InChI=1S/C23H20ClN3S/c1-23(2,3)26-22-21(25-20-9-4-5-14-27(20)22)19-13-12-18(28-19)11-10-16-7-6-8-17(24)15-16/h4-9,12-15,26H,1-3H3. The first-order valence-corrected chi connectivity index (χ1v) is 10.2. The van der Waals surface area contributed by atoms with E-state index in [0.717, 1.165) is 32.5 Å². The molecule has 0 aliphatic rings. The third-order valence-electron chi connectivity index (χ3n) is 4.02. The van der Waals surface area contributed by atoms with E-state index in [1.165, 1.54) is 0 Å². The molecular weight excluding hydrogens is 386 g/mol. The van der Waals surface area contributed by atoms with Crippen molar-refractivity contribution >= 4 is 34.4 Å². The molecule has 0 saturated carbocycles. The van der Waals surface area contributed by atoms with Gasteiger partial charge >= 0.3 is 0 Å². The summed E-state index contributed by atoms with van der Waals surface area (Å²) in [6.07, 6.45) is 2.04. The van der Waals surface area contributed by atoms with Crippen LogP contribution in [0.4, 0.5) is 5.82 Å². The number of fused-ring (bicyclic) bond motifs is 1. The minimum absolute atomic E-state index is 0.0764. The smallest absolute Gasteiger partial charge is 0.140 e. The minimum atomic E-state index is -0.0764. The van der Waals surface area contributed by atoms with E-state index in [0.29, 0.717) is 5.02 Å². The molecule has 3 heterocycles. The lowest BCUT2D eigenvalue weighted by molar-refractivity contribution is 0.630. The third-order valence-corrected chi connectivity index (χ3v) is 5.26. The number of benzene rings is 1. The predicted octanol–water partition coefficient (Wildman–Crippen LogP) is 6.33. The van der Waals surface area contributed by atoms with E-state index in [2.05, 4.69) is 48.4 Å². The van der Waals surface area contributed by atoms with Gasteiger partial charge in [0.1, 0.15) is 17.2 Å². The number of hydrogen-bond donors (Lipinski definition) is 1. The number of hydrogen-bond acceptors (Lipinski definition) is 3. The van der Waals surface area contributed by atoms with Gasteiger partial charge in [0, 0.05) is 22.3 Å². The minimum Gasteiger partial charge on any atom is -0.365 e. The van der Waals surface area contributed by atoms with E-state index < -0.39 is 0 Å². The molecule has 0 saturated heterocycles.